The van der Waals surface area contributed by atoms with Crippen LogP contribution in [-0.4, -0.2) is 26.9 Å². The van der Waals surface area contributed by atoms with Crippen molar-refractivity contribution in [3.05, 3.63) is 106 Å². The lowest BCUT2D eigenvalue weighted by atomic mass is 10.1. The van der Waals surface area contributed by atoms with Gasteiger partial charge in [0.05, 0.1) is 35.0 Å². The van der Waals surface area contributed by atoms with Crippen LogP contribution in [0.3, 0.4) is 0 Å². The number of hydrogen-bond donors (Lipinski definition) is 1. The molecular formula is C28H21N5O2. The van der Waals surface area contributed by atoms with Gasteiger partial charge in [-0.2, -0.15) is 10.4 Å². The molecule has 0 atom stereocenters. The van der Waals surface area contributed by atoms with E-state index >= 15 is 0 Å². The number of benzene rings is 3. The first-order valence-corrected chi connectivity index (χ1v) is 11.0. The van der Waals surface area contributed by atoms with Gasteiger partial charge in [-0.1, -0.05) is 24.3 Å². The van der Waals surface area contributed by atoms with Crippen LogP contribution in [0.1, 0.15) is 17.0 Å². The second-order valence-corrected chi connectivity index (χ2v) is 8.05. The molecule has 0 bridgehead atoms. The maximum absolute atomic E-state index is 12.7. The highest BCUT2D eigenvalue weighted by Gasteiger charge is 2.15. The average molecular weight is 460 g/mol. The molecule has 35 heavy (non-hydrogen) atoms. The normalized spacial score (nSPS) is 11.4. The predicted molar refractivity (Wildman–Crippen MR) is 136 cm³/mol. The molecule has 0 amide bonds. The summed E-state index contributed by atoms with van der Waals surface area (Å²) >= 11 is 0. The highest BCUT2D eigenvalue weighted by Crippen LogP contribution is 2.28. The van der Waals surface area contributed by atoms with E-state index in [9.17, 15) is 10.1 Å². The summed E-state index contributed by atoms with van der Waals surface area (Å²) in [4.78, 5) is 20.0. The van der Waals surface area contributed by atoms with Gasteiger partial charge in [-0.05, 0) is 67.1 Å². The molecule has 1 N–H and O–H groups in total. The van der Waals surface area contributed by atoms with E-state index in [-0.39, 0.29) is 17.0 Å². The SMILES string of the molecule is COc1ccc(-c2nn(-c3ccccc3)cc2/C=C(/C#N)c2nc3cc(C)ccc3c(=O)[nH]2)cc1. The minimum absolute atomic E-state index is 0.212. The fraction of sp³-hybridized carbons (Fsp3) is 0.0714. The number of para-hydroxylation sites is 1. The van der Waals surface area contributed by atoms with Crippen molar-refractivity contribution in [1.29, 1.82) is 5.26 Å². The van der Waals surface area contributed by atoms with Crippen LogP contribution in [0.5, 0.6) is 5.75 Å². The van der Waals surface area contributed by atoms with Crippen molar-refractivity contribution < 1.29 is 4.74 Å². The second kappa shape index (κ2) is 9.12. The summed E-state index contributed by atoms with van der Waals surface area (Å²) in [5.74, 6) is 0.947. The van der Waals surface area contributed by atoms with Gasteiger partial charge in [-0.15, -0.1) is 0 Å². The van der Waals surface area contributed by atoms with Gasteiger partial charge in [0.2, 0.25) is 0 Å². The highest BCUT2D eigenvalue weighted by atomic mass is 16.5. The maximum atomic E-state index is 12.7. The molecular weight excluding hydrogens is 438 g/mol. The summed E-state index contributed by atoms with van der Waals surface area (Å²) in [6.07, 6.45) is 3.56. The number of methoxy groups -OCH3 is 1. The van der Waals surface area contributed by atoms with Crippen LogP contribution in [0, 0.1) is 18.3 Å². The largest absolute Gasteiger partial charge is 0.497 e. The smallest absolute Gasteiger partial charge is 0.259 e. The lowest BCUT2D eigenvalue weighted by Crippen LogP contribution is -2.11. The molecule has 0 unspecified atom stereocenters. The molecule has 7 heteroatoms. The maximum Gasteiger partial charge on any atom is 0.259 e. The highest BCUT2D eigenvalue weighted by molar-refractivity contribution is 5.91. The standard InChI is InChI=1S/C28H21N5O2/c1-18-8-13-24-25(14-18)30-27(31-28(24)34)20(16-29)15-21-17-33(22-6-4-3-5-7-22)32-26(21)19-9-11-23(35-2)12-10-19/h3-15,17H,1-2H3,(H,30,31,34)/b20-15-. The van der Waals surface area contributed by atoms with Crippen LogP contribution in [0.2, 0.25) is 0 Å². The first kappa shape index (κ1) is 21.9. The van der Waals surface area contributed by atoms with E-state index in [4.69, 9.17) is 9.84 Å². The molecule has 0 aliphatic rings. The van der Waals surface area contributed by atoms with Crippen LogP contribution in [0.4, 0.5) is 0 Å². The molecule has 170 valence electrons. The number of fused-ring (bicyclic) bond motifs is 1. The summed E-state index contributed by atoms with van der Waals surface area (Å²) in [5.41, 5.74) is 4.60. The Balaban J connectivity index is 1.68. The van der Waals surface area contributed by atoms with Crippen LogP contribution < -0.4 is 10.3 Å². The number of rotatable bonds is 5. The number of aromatic nitrogens is 4. The number of nitriles is 1. The van der Waals surface area contributed by atoms with Crippen molar-refractivity contribution in [3.63, 3.8) is 0 Å². The summed E-state index contributed by atoms with van der Waals surface area (Å²) < 4.78 is 7.05. The number of allylic oxidation sites excluding steroid dienone is 1. The Morgan fingerprint density at radius 3 is 2.57 bits per heavy atom. The van der Waals surface area contributed by atoms with E-state index in [1.165, 1.54) is 0 Å². The number of nitrogens with zero attached hydrogens (tertiary/aromatic N) is 4. The molecule has 0 aliphatic carbocycles. The minimum Gasteiger partial charge on any atom is -0.497 e. The number of nitrogens with one attached hydrogen (secondary N) is 1. The topological polar surface area (TPSA) is 96.6 Å². The molecule has 0 radical (unpaired) electrons. The average Bonchev–Trinajstić information content (AvgIpc) is 3.31. The molecule has 0 aliphatic heterocycles. The fourth-order valence-electron chi connectivity index (χ4n) is 3.87. The predicted octanol–water partition coefficient (Wildman–Crippen LogP) is 5.16. The quantitative estimate of drug-likeness (QED) is 0.366. The molecule has 0 saturated heterocycles. The molecule has 5 rings (SSSR count). The van der Waals surface area contributed by atoms with Gasteiger partial charge in [0, 0.05) is 17.3 Å². The first-order chi connectivity index (χ1) is 17.1. The van der Waals surface area contributed by atoms with Crippen molar-refractivity contribution in [3.8, 4) is 28.8 Å². The van der Waals surface area contributed by atoms with Gasteiger partial charge in [0.1, 0.15) is 11.8 Å². The van der Waals surface area contributed by atoms with E-state index in [2.05, 4.69) is 16.0 Å². The van der Waals surface area contributed by atoms with Gasteiger partial charge >= 0.3 is 0 Å². The number of ether oxygens (including phenoxy) is 1. The van der Waals surface area contributed by atoms with Crippen LogP contribution in [0.25, 0.3) is 39.5 Å². The van der Waals surface area contributed by atoms with E-state index in [1.54, 1.807) is 23.9 Å². The van der Waals surface area contributed by atoms with E-state index in [1.807, 2.05) is 79.9 Å². The number of aromatic amines is 1. The molecule has 0 saturated carbocycles. The van der Waals surface area contributed by atoms with Crippen molar-refractivity contribution in [2.24, 2.45) is 0 Å². The Morgan fingerprint density at radius 1 is 1.09 bits per heavy atom. The molecule has 0 spiro atoms. The van der Waals surface area contributed by atoms with E-state index in [0.29, 0.717) is 22.2 Å². The van der Waals surface area contributed by atoms with Gasteiger partial charge in [-0.25, -0.2) is 9.67 Å². The summed E-state index contributed by atoms with van der Waals surface area (Å²) in [5, 5.41) is 15.3. The van der Waals surface area contributed by atoms with Crippen LogP contribution in [0.15, 0.2) is 83.8 Å². The monoisotopic (exact) mass is 459 g/mol. The Morgan fingerprint density at radius 2 is 1.86 bits per heavy atom. The zero-order chi connectivity index (χ0) is 24.4. The third kappa shape index (κ3) is 4.33. The Labute approximate surface area is 201 Å². The van der Waals surface area contributed by atoms with Gasteiger partial charge in [0.15, 0.2) is 5.82 Å². The Kier molecular flexibility index (Phi) is 5.70. The zero-order valence-corrected chi connectivity index (χ0v) is 19.2. The lowest BCUT2D eigenvalue weighted by Gasteiger charge is -2.04. The third-order valence-electron chi connectivity index (χ3n) is 5.66. The molecule has 5 aromatic rings. The van der Waals surface area contributed by atoms with E-state index in [0.717, 1.165) is 22.6 Å². The second-order valence-electron chi connectivity index (χ2n) is 8.05. The molecule has 2 aromatic heterocycles. The fourth-order valence-corrected chi connectivity index (χ4v) is 3.87. The van der Waals surface area contributed by atoms with Crippen molar-refractivity contribution in [2.45, 2.75) is 6.92 Å². The minimum atomic E-state index is -0.290. The Bertz CT molecular complexity index is 1660. The lowest BCUT2D eigenvalue weighted by molar-refractivity contribution is 0.415. The molecule has 0 fully saturated rings. The molecule has 3 aromatic carbocycles. The number of hydrogen-bond acceptors (Lipinski definition) is 5. The van der Waals surface area contributed by atoms with Gasteiger partial charge in [-0.3, -0.25) is 4.79 Å². The molecule has 7 nitrogen and oxygen atoms in total. The zero-order valence-electron chi connectivity index (χ0n) is 19.2. The summed E-state index contributed by atoms with van der Waals surface area (Å²) in [6, 6.07) is 24.9. The van der Waals surface area contributed by atoms with Crippen molar-refractivity contribution >= 4 is 22.6 Å². The Hall–Kier alpha value is -4.96. The van der Waals surface area contributed by atoms with Crippen molar-refractivity contribution in [2.75, 3.05) is 7.11 Å². The van der Waals surface area contributed by atoms with Gasteiger partial charge in [0.25, 0.3) is 5.56 Å². The van der Waals surface area contributed by atoms with E-state index < -0.39 is 0 Å². The first-order valence-electron chi connectivity index (χ1n) is 11.0. The van der Waals surface area contributed by atoms with Crippen LogP contribution >= 0.6 is 0 Å². The third-order valence-corrected chi connectivity index (χ3v) is 5.66. The summed E-state index contributed by atoms with van der Waals surface area (Å²) in [7, 11) is 1.62. The summed E-state index contributed by atoms with van der Waals surface area (Å²) in [6.45, 7) is 1.93. The van der Waals surface area contributed by atoms with Crippen LogP contribution in [-0.2, 0) is 0 Å². The molecule has 2 heterocycles. The number of H-pyrrole nitrogens is 1. The number of aryl methyl sites for hydroxylation is 1. The van der Waals surface area contributed by atoms with Crippen molar-refractivity contribution in [1.82, 2.24) is 19.7 Å². The van der Waals surface area contributed by atoms with Gasteiger partial charge < -0.3 is 9.72 Å².